The van der Waals surface area contributed by atoms with E-state index in [0.717, 1.165) is 10.4 Å². The quantitative estimate of drug-likeness (QED) is 0.855. The Kier molecular flexibility index (Phi) is 2.80. The van der Waals surface area contributed by atoms with Crippen molar-refractivity contribution in [3.8, 4) is 0 Å². The third-order valence-corrected chi connectivity index (χ3v) is 4.57. The summed E-state index contributed by atoms with van der Waals surface area (Å²) >= 11 is 3.28. The molecule has 0 radical (unpaired) electrons. The van der Waals surface area contributed by atoms with Gasteiger partial charge in [0, 0.05) is 15.4 Å². The molecule has 0 aliphatic heterocycles. The van der Waals surface area contributed by atoms with Gasteiger partial charge in [-0.05, 0) is 37.8 Å². The molecule has 0 bridgehead atoms. The van der Waals surface area contributed by atoms with Crippen molar-refractivity contribution in [2.45, 2.75) is 26.8 Å². The highest BCUT2D eigenvalue weighted by atomic mass is 32.1. The highest BCUT2D eigenvalue weighted by Crippen LogP contribution is 2.34. The smallest absolute Gasteiger partial charge is 0.261 e. The summed E-state index contributed by atoms with van der Waals surface area (Å²) in [6.45, 7) is 5.97. The predicted octanol–water partition coefficient (Wildman–Crippen LogP) is 3.41. The van der Waals surface area contributed by atoms with Gasteiger partial charge in [0.25, 0.3) is 5.91 Å². The van der Waals surface area contributed by atoms with Crippen LogP contribution in [-0.4, -0.2) is 11.9 Å². The summed E-state index contributed by atoms with van der Waals surface area (Å²) in [5, 5.41) is 4.99. The van der Waals surface area contributed by atoms with Crippen molar-refractivity contribution < 1.29 is 4.79 Å². The fraction of sp³-hybridized carbons (Fsp3) is 0.364. The minimum absolute atomic E-state index is 0.0518. The van der Waals surface area contributed by atoms with Gasteiger partial charge in [0.05, 0.1) is 4.88 Å². The molecule has 0 atom stereocenters. The molecule has 2 aromatic heterocycles. The van der Waals surface area contributed by atoms with Crippen LogP contribution >= 0.6 is 22.7 Å². The van der Waals surface area contributed by atoms with Gasteiger partial charge < -0.3 is 5.32 Å². The molecule has 0 aliphatic carbocycles. The van der Waals surface area contributed by atoms with E-state index in [-0.39, 0.29) is 11.9 Å². The first kappa shape index (κ1) is 10.6. The minimum atomic E-state index is 0.0518. The molecular weight excluding hydrogens is 226 g/mol. The van der Waals surface area contributed by atoms with Crippen molar-refractivity contribution in [3.63, 3.8) is 0 Å². The van der Waals surface area contributed by atoms with E-state index < -0.39 is 0 Å². The second-order valence-corrected chi connectivity index (χ2v) is 5.77. The molecule has 15 heavy (non-hydrogen) atoms. The number of hydrogen-bond acceptors (Lipinski definition) is 3. The van der Waals surface area contributed by atoms with E-state index in [1.54, 1.807) is 22.7 Å². The van der Waals surface area contributed by atoms with Crippen LogP contribution in [0.3, 0.4) is 0 Å². The maximum Gasteiger partial charge on any atom is 0.261 e. The van der Waals surface area contributed by atoms with Gasteiger partial charge in [-0.3, -0.25) is 4.79 Å². The number of carbonyl (C=O) groups is 1. The number of rotatable bonds is 2. The average Bonchev–Trinajstić information content (AvgIpc) is 2.67. The molecule has 0 fully saturated rings. The van der Waals surface area contributed by atoms with Crippen LogP contribution in [0.25, 0.3) is 9.40 Å². The first-order valence-electron chi connectivity index (χ1n) is 4.87. The highest BCUT2D eigenvalue weighted by Gasteiger charge is 2.16. The molecule has 2 heterocycles. The zero-order valence-corrected chi connectivity index (χ0v) is 10.6. The molecule has 0 saturated heterocycles. The van der Waals surface area contributed by atoms with Crippen molar-refractivity contribution in [1.29, 1.82) is 0 Å². The van der Waals surface area contributed by atoms with E-state index in [9.17, 15) is 4.79 Å². The molecule has 0 aromatic carbocycles. The molecule has 1 amide bonds. The fourth-order valence-corrected chi connectivity index (χ4v) is 3.72. The molecular formula is C11H13NOS2. The highest BCUT2D eigenvalue weighted by molar-refractivity contribution is 7.28. The lowest BCUT2D eigenvalue weighted by molar-refractivity contribution is 0.0947. The maximum atomic E-state index is 11.8. The van der Waals surface area contributed by atoms with Gasteiger partial charge in [0.15, 0.2) is 0 Å². The number of fused-ring (bicyclic) bond motifs is 1. The first-order valence-corrected chi connectivity index (χ1v) is 6.56. The Hall–Kier alpha value is -0.870. The summed E-state index contributed by atoms with van der Waals surface area (Å²) in [6.07, 6.45) is 0. The first-order chi connectivity index (χ1) is 7.09. The normalized spacial score (nSPS) is 11.2. The monoisotopic (exact) mass is 239 g/mol. The van der Waals surface area contributed by atoms with Gasteiger partial charge in [0.2, 0.25) is 0 Å². The van der Waals surface area contributed by atoms with Crippen LogP contribution in [0.1, 0.15) is 29.1 Å². The van der Waals surface area contributed by atoms with Crippen LogP contribution in [0.5, 0.6) is 0 Å². The predicted molar refractivity (Wildman–Crippen MR) is 67.0 cm³/mol. The molecule has 4 heteroatoms. The van der Waals surface area contributed by atoms with Crippen molar-refractivity contribution in [3.05, 3.63) is 21.9 Å². The van der Waals surface area contributed by atoms with Crippen molar-refractivity contribution in [1.82, 2.24) is 5.32 Å². The molecule has 0 spiro atoms. The number of thiophene rings is 2. The fourth-order valence-electron chi connectivity index (χ4n) is 1.49. The third kappa shape index (κ3) is 1.92. The number of nitrogens with one attached hydrogen (secondary N) is 1. The van der Waals surface area contributed by atoms with Gasteiger partial charge >= 0.3 is 0 Å². The standard InChI is InChI=1S/C11H13NOS2/c1-6(2)12-11(13)10-7(3)9-8(15-10)4-5-14-9/h4-6H,1-3H3,(H,12,13). The van der Waals surface area contributed by atoms with Crippen LogP contribution in [0.15, 0.2) is 11.4 Å². The Balaban J connectivity index is 2.39. The van der Waals surface area contributed by atoms with E-state index in [0.29, 0.717) is 0 Å². The molecule has 2 rings (SSSR count). The van der Waals surface area contributed by atoms with Crippen LogP contribution < -0.4 is 5.32 Å². The molecule has 0 aliphatic rings. The number of hydrogen-bond donors (Lipinski definition) is 1. The molecule has 1 N–H and O–H groups in total. The second-order valence-electron chi connectivity index (χ2n) is 3.80. The van der Waals surface area contributed by atoms with Gasteiger partial charge in [-0.2, -0.15) is 0 Å². The summed E-state index contributed by atoms with van der Waals surface area (Å²) in [7, 11) is 0. The summed E-state index contributed by atoms with van der Waals surface area (Å²) in [5.41, 5.74) is 1.11. The Bertz CT molecular complexity index is 496. The van der Waals surface area contributed by atoms with E-state index in [1.807, 2.05) is 20.8 Å². The molecule has 0 saturated carbocycles. The van der Waals surface area contributed by atoms with Crippen LogP contribution in [0.2, 0.25) is 0 Å². The zero-order valence-electron chi connectivity index (χ0n) is 8.96. The average molecular weight is 239 g/mol. The van der Waals surface area contributed by atoms with Crippen LogP contribution in [0.4, 0.5) is 0 Å². The Morgan fingerprint density at radius 1 is 1.47 bits per heavy atom. The minimum Gasteiger partial charge on any atom is -0.349 e. The van der Waals surface area contributed by atoms with Gasteiger partial charge in [-0.25, -0.2) is 0 Å². The number of aryl methyl sites for hydroxylation is 1. The summed E-state index contributed by atoms with van der Waals surface area (Å²) in [6, 6.07) is 2.26. The third-order valence-electron chi connectivity index (χ3n) is 2.15. The number of amides is 1. The lowest BCUT2D eigenvalue weighted by atomic mass is 10.2. The lowest BCUT2D eigenvalue weighted by Gasteiger charge is -2.06. The Morgan fingerprint density at radius 2 is 2.20 bits per heavy atom. The second kappa shape index (κ2) is 3.94. The summed E-state index contributed by atoms with van der Waals surface area (Å²) < 4.78 is 2.46. The largest absolute Gasteiger partial charge is 0.349 e. The van der Waals surface area contributed by atoms with Gasteiger partial charge in [0.1, 0.15) is 0 Å². The summed E-state index contributed by atoms with van der Waals surface area (Å²) in [4.78, 5) is 12.7. The van der Waals surface area contributed by atoms with E-state index in [1.165, 1.54) is 9.40 Å². The number of carbonyl (C=O) groups excluding carboxylic acids is 1. The van der Waals surface area contributed by atoms with Gasteiger partial charge in [-0.1, -0.05) is 0 Å². The van der Waals surface area contributed by atoms with Crippen LogP contribution in [0, 0.1) is 6.92 Å². The van der Waals surface area contributed by atoms with Crippen LogP contribution in [-0.2, 0) is 0 Å². The Labute approximate surface area is 96.9 Å². The molecule has 2 aromatic rings. The van der Waals surface area contributed by atoms with Gasteiger partial charge in [-0.15, -0.1) is 22.7 Å². The zero-order chi connectivity index (χ0) is 11.0. The van der Waals surface area contributed by atoms with Crippen molar-refractivity contribution >= 4 is 38.0 Å². The van der Waals surface area contributed by atoms with Crippen molar-refractivity contribution in [2.75, 3.05) is 0 Å². The molecule has 2 nitrogen and oxygen atoms in total. The molecule has 80 valence electrons. The topological polar surface area (TPSA) is 29.1 Å². The maximum absolute atomic E-state index is 11.8. The Morgan fingerprint density at radius 3 is 2.80 bits per heavy atom. The lowest BCUT2D eigenvalue weighted by Crippen LogP contribution is -2.29. The SMILES string of the molecule is Cc1c(C(=O)NC(C)C)sc2ccsc12. The van der Waals surface area contributed by atoms with E-state index in [2.05, 4.69) is 16.8 Å². The molecule has 0 unspecified atom stereocenters. The van der Waals surface area contributed by atoms with E-state index >= 15 is 0 Å². The van der Waals surface area contributed by atoms with E-state index in [4.69, 9.17) is 0 Å². The summed E-state index contributed by atoms with van der Waals surface area (Å²) in [5.74, 6) is 0.0518. The van der Waals surface area contributed by atoms with Crippen molar-refractivity contribution in [2.24, 2.45) is 0 Å².